The summed E-state index contributed by atoms with van der Waals surface area (Å²) in [6, 6.07) is 8.96. The van der Waals surface area contributed by atoms with Crippen LogP contribution in [0.4, 0.5) is 5.82 Å². The summed E-state index contributed by atoms with van der Waals surface area (Å²) < 4.78 is 2.44. The van der Waals surface area contributed by atoms with Crippen LogP contribution in [0.3, 0.4) is 0 Å². The van der Waals surface area contributed by atoms with Gasteiger partial charge in [0.25, 0.3) is 5.91 Å². The summed E-state index contributed by atoms with van der Waals surface area (Å²) in [5.41, 5.74) is 0.547. The first-order chi connectivity index (χ1) is 8.56. The molecule has 6 heteroatoms. The summed E-state index contributed by atoms with van der Waals surface area (Å²) in [7, 11) is 0. The van der Waals surface area contributed by atoms with Crippen molar-refractivity contribution in [3.8, 4) is 0 Å². The standard InChI is InChI=1S/C12H7Br3N2O/c13-7-1-2-10(15)9(5-7)12(18)17-11-6-8(14)3-4-16-11/h1-6H,(H,16,17,18). The van der Waals surface area contributed by atoms with Crippen molar-refractivity contribution >= 4 is 59.5 Å². The molecule has 0 saturated carbocycles. The molecule has 18 heavy (non-hydrogen) atoms. The second-order valence-corrected chi connectivity index (χ2v) is 6.12. The molecule has 0 fully saturated rings. The van der Waals surface area contributed by atoms with E-state index in [4.69, 9.17) is 0 Å². The molecule has 0 radical (unpaired) electrons. The van der Waals surface area contributed by atoms with Gasteiger partial charge in [0.05, 0.1) is 5.56 Å². The molecule has 0 aliphatic rings. The number of aromatic nitrogens is 1. The van der Waals surface area contributed by atoms with Crippen LogP contribution < -0.4 is 5.32 Å². The first-order valence-corrected chi connectivity index (χ1v) is 7.32. The summed E-state index contributed by atoms with van der Waals surface area (Å²) in [5.74, 6) is 0.287. The van der Waals surface area contributed by atoms with E-state index < -0.39 is 0 Å². The van der Waals surface area contributed by atoms with Crippen LogP contribution in [0.2, 0.25) is 0 Å². The first-order valence-electron chi connectivity index (χ1n) is 4.94. The fourth-order valence-corrected chi connectivity index (χ4v) is 2.45. The number of hydrogen-bond acceptors (Lipinski definition) is 2. The molecule has 0 aliphatic carbocycles. The summed E-state index contributed by atoms with van der Waals surface area (Å²) in [5, 5.41) is 2.74. The number of nitrogens with zero attached hydrogens (tertiary/aromatic N) is 1. The van der Waals surface area contributed by atoms with Crippen molar-refractivity contribution < 1.29 is 4.79 Å². The zero-order chi connectivity index (χ0) is 13.1. The highest BCUT2D eigenvalue weighted by atomic mass is 79.9. The Morgan fingerprint density at radius 1 is 1.06 bits per heavy atom. The number of halogens is 3. The number of rotatable bonds is 2. The molecule has 0 spiro atoms. The largest absolute Gasteiger partial charge is 0.306 e. The maximum atomic E-state index is 12.1. The molecule has 2 aromatic rings. The Morgan fingerprint density at radius 2 is 1.78 bits per heavy atom. The van der Waals surface area contributed by atoms with Gasteiger partial charge in [-0.1, -0.05) is 31.9 Å². The summed E-state index contributed by atoms with van der Waals surface area (Å²) >= 11 is 10.0. The quantitative estimate of drug-likeness (QED) is 0.749. The molecule has 0 atom stereocenters. The molecule has 1 amide bonds. The molecular weight excluding hydrogens is 428 g/mol. The van der Waals surface area contributed by atoms with Crippen LogP contribution in [0, 0.1) is 0 Å². The molecule has 0 unspecified atom stereocenters. The fourth-order valence-electron chi connectivity index (χ4n) is 1.33. The molecule has 3 nitrogen and oxygen atoms in total. The number of amides is 1. The zero-order valence-corrected chi connectivity index (χ0v) is 13.7. The van der Waals surface area contributed by atoms with E-state index in [0.717, 1.165) is 13.4 Å². The lowest BCUT2D eigenvalue weighted by molar-refractivity contribution is 0.102. The van der Waals surface area contributed by atoms with Gasteiger partial charge in [0.2, 0.25) is 0 Å². The van der Waals surface area contributed by atoms with Gasteiger partial charge in [-0.2, -0.15) is 0 Å². The maximum Gasteiger partial charge on any atom is 0.258 e. The number of carbonyl (C=O) groups excluding carboxylic acids is 1. The molecule has 0 saturated heterocycles. The number of benzene rings is 1. The van der Waals surface area contributed by atoms with Gasteiger partial charge in [-0.05, 0) is 46.3 Å². The van der Waals surface area contributed by atoms with Crippen molar-refractivity contribution in [2.24, 2.45) is 0 Å². The van der Waals surface area contributed by atoms with Gasteiger partial charge in [-0.3, -0.25) is 4.79 Å². The van der Waals surface area contributed by atoms with E-state index in [0.29, 0.717) is 11.4 Å². The second kappa shape index (κ2) is 5.95. The monoisotopic (exact) mass is 432 g/mol. The highest BCUT2D eigenvalue weighted by molar-refractivity contribution is 9.11. The molecule has 0 bridgehead atoms. The predicted octanol–water partition coefficient (Wildman–Crippen LogP) is 4.62. The molecule has 1 aromatic carbocycles. The van der Waals surface area contributed by atoms with Crippen molar-refractivity contribution in [3.63, 3.8) is 0 Å². The van der Waals surface area contributed by atoms with Gasteiger partial charge in [0, 0.05) is 19.6 Å². The van der Waals surface area contributed by atoms with Gasteiger partial charge in [0.15, 0.2) is 0 Å². The van der Waals surface area contributed by atoms with Gasteiger partial charge in [-0.15, -0.1) is 0 Å². The molecule has 92 valence electrons. The van der Waals surface area contributed by atoms with Crippen molar-refractivity contribution in [1.82, 2.24) is 4.98 Å². The lowest BCUT2D eigenvalue weighted by Gasteiger charge is -2.06. The molecular formula is C12H7Br3N2O. The SMILES string of the molecule is O=C(Nc1cc(Br)ccn1)c1cc(Br)ccc1Br. The predicted molar refractivity (Wildman–Crippen MR) is 81.7 cm³/mol. The topological polar surface area (TPSA) is 42.0 Å². The highest BCUT2D eigenvalue weighted by Crippen LogP contribution is 2.22. The minimum absolute atomic E-state index is 0.214. The van der Waals surface area contributed by atoms with Crippen LogP contribution in [0.15, 0.2) is 49.9 Å². The lowest BCUT2D eigenvalue weighted by atomic mass is 10.2. The summed E-state index contributed by atoms with van der Waals surface area (Å²) in [6.45, 7) is 0. The van der Waals surface area contributed by atoms with E-state index in [1.165, 1.54) is 0 Å². The third-order valence-corrected chi connectivity index (χ3v) is 3.81. The van der Waals surface area contributed by atoms with E-state index in [9.17, 15) is 4.79 Å². The minimum Gasteiger partial charge on any atom is -0.306 e. The third kappa shape index (κ3) is 3.40. The Labute approximate surface area is 129 Å². The van der Waals surface area contributed by atoms with Gasteiger partial charge in [0.1, 0.15) is 5.82 Å². The van der Waals surface area contributed by atoms with Crippen LogP contribution in [0.1, 0.15) is 10.4 Å². The molecule has 1 aromatic heterocycles. The third-order valence-electron chi connectivity index (χ3n) is 2.14. The highest BCUT2D eigenvalue weighted by Gasteiger charge is 2.11. The van der Waals surface area contributed by atoms with Crippen LogP contribution in [0.5, 0.6) is 0 Å². The molecule has 0 aliphatic heterocycles. The van der Waals surface area contributed by atoms with E-state index in [1.54, 1.807) is 24.4 Å². The van der Waals surface area contributed by atoms with E-state index in [-0.39, 0.29) is 5.91 Å². The Hall–Kier alpha value is -0.720. The van der Waals surface area contributed by atoms with Crippen molar-refractivity contribution in [2.75, 3.05) is 5.32 Å². The molecule has 2 rings (SSSR count). The van der Waals surface area contributed by atoms with Crippen molar-refractivity contribution in [3.05, 3.63) is 55.5 Å². The van der Waals surface area contributed by atoms with Crippen LogP contribution >= 0.6 is 47.8 Å². The van der Waals surface area contributed by atoms with Crippen molar-refractivity contribution in [1.29, 1.82) is 0 Å². The summed E-state index contributed by atoms with van der Waals surface area (Å²) in [6.07, 6.45) is 1.62. The Morgan fingerprint density at radius 3 is 2.50 bits per heavy atom. The lowest BCUT2D eigenvalue weighted by Crippen LogP contribution is -2.13. The summed E-state index contributed by atoms with van der Waals surface area (Å²) in [4.78, 5) is 16.1. The average molecular weight is 435 g/mol. The van der Waals surface area contributed by atoms with E-state index >= 15 is 0 Å². The number of pyridine rings is 1. The van der Waals surface area contributed by atoms with Crippen LogP contribution in [0.25, 0.3) is 0 Å². The minimum atomic E-state index is -0.214. The number of carbonyl (C=O) groups is 1. The molecule has 1 N–H and O–H groups in total. The first kappa shape index (κ1) is 13.7. The van der Waals surface area contributed by atoms with Crippen LogP contribution in [-0.4, -0.2) is 10.9 Å². The second-order valence-electron chi connectivity index (χ2n) is 3.44. The van der Waals surface area contributed by atoms with Gasteiger partial charge in [-0.25, -0.2) is 4.98 Å². The number of nitrogens with one attached hydrogen (secondary N) is 1. The Kier molecular flexibility index (Phi) is 4.53. The zero-order valence-electron chi connectivity index (χ0n) is 8.95. The smallest absolute Gasteiger partial charge is 0.258 e. The maximum absolute atomic E-state index is 12.1. The number of hydrogen-bond donors (Lipinski definition) is 1. The number of anilines is 1. The van der Waals surface area contributed by atoms with Gasteiger partial charge >= 0.3 is 0 Å². The van der Waals surface area contributed by atoms with Crippen LogP contribution in [-0.2, 0) is 0 Å². The van der Waals surface area contributed by atoms with E-state index in [1.807, 2.05) is 12.1 Å². The Balaban J connectivity index is 2.24. The van der Waals surface area contributed by atoms with E-state index in [2.05, 4.69) is 58.1 Å². The van der Waals surface area contributed by atoms with Gasteiger partial charge < -0.3 is 5.32 Å². The van der Waals surface area contributed by atoms with Crippen molar-refractivity contribution in [2.45, 2.75) is 0 Å². The fraction of sp³-hybridized carbons (Fsp3) is 0. The normalized spacial score (nSPS) is 10.2. The Bertz CT molecular complexity index is 602. The molecule has 1 heterocycles. The average Bonchev–Trinajstić information content (AvgIpc) is 2.32.